The fourth-order valence-corrected chi connectivity index (χ4v) is 3.85. The second-order valence-corrected chi connectivity index (χ2v) is 14.3. The smallest absolute Gasteiger partial charge is 0.328 e. The number of H-pyrrole nitrogens is 1. The number of nitrogens with one attached hydrogen (secondary N) is 1. The fraction of sp³-hybridized carbons (Fsp3) is 0.750. The van der Waals surface area contributed by atoms with Crippen molar-refractivity contribution in [2.45, 2.75) is 90.6 Å². The van der Waals surface area contributed by atoms with Gasteiger partial charge in [-0.1, -0.05) is 20.8 Å². The predicted molar refractivity (Wildman–Crippen MR) is 113 cm³/mol. The Balaban J connectivity index is 2.26. The number of ether oxygens (including phenoxy) is 2. The van der Waals surface area contributed by atoms with Gasteiger partial charge in [0.05, 0.1) is 18.8 Å². The summed E-state index contributed by atoms with van der Waals surface area (Å²) in [5.74, 6) is -0.145. The summed E-state index contributed by atoms with van der Waals surface area (Å²) in [6.45, 7) is 16.1. The van der Waals surface area contributed by atoms with E-state index in [-0.39, 0.29) is 30.0 Å². The number of aryl methyl sites for hydroxylation is 1. The minimum Gasteiger partial charge on any atom is -0.414 e. The molecule has 0 aromatic carbocycles. The summed E-state index contributed by atoms with van der Waals surface area (Å²) in [6, 6.07) is -0.655. The number of hydrogen-bond donors (Lipinski definition) is 1. The lowest BCUT2D eigenvalue weighted by Gasteiger charge is -2.40. The lowest BCUT2D eigenvalue weighted by atomic mass is 10.0. The van der Waals surface area contributed by atoms with Gasteiger partial charge in [0.15, 0.2) is 20.4 Å². The van der Waals surface area contributed by atoms with Gasteiger partial charge < -0.3 is 13.9 Å². The zero-order valence-corrected chi connectivity index (χ0v) is 19.7. The van der Waals surface area contributed by atoms with E-state index in [0.29, 0.717) is 5.56 Å². The Bertz CT molecular complexity index is 852. The molecule has 1 fully saturated rings. The van der Waals surface area contributed by atoms with Gasteiger partial charge in [-0.2, -0.15) is 0 Å². The van der Waals surface area contributed by atoms with Crippen LogP contribution in [-0.2, 0) is 18.7 Å². The minimum atomic E-state index is -2.04. The number of Topliss-reactive ketones (excluding diaryl/α,β-unsaturated/α-hetero) is 1. The first-order valence-electron chi connectivity index (χ1n) is 10.0. The Labute approximate surface area is 172 Å². The van der Waals surface area contributed by atoms with Gasteiger partial charge in [-0.15, -0.1) is 0 Å². The van der Waals surface area contributed by atoms with E-state index in [1.54, 1.807) is 6.92 Å². The first kappa shape index (κ1) is 23.7. The van der Waals surface area contributed by atoms with E-state index in [0.717, 1.165) is 0 Å². The normalized spacial score (nSPS) is 23.6. The van der Waals surface area contributed by atoms with E-state index in [9.17, 15) is 14.4 Å². The Morgan fingerprint density at radius 1 is 1.28 bits per heavy atom. The average Bonchev–Trinajstić information content (AvgIpc) is 2.57. The number of carbonyl (C=O) groups is 1. The van der Waals surface area contributed by atoms with Crippen LogP contribution in [0.15, 0.2) is 15.8 Å². The van der Waals surface area contributed by atoms with Crippen molar-refractivity contribution in [2.75, 3.05) is 6.61 Å². The summed E-state index contributed by atoms with van der Waals surface area (Å²) in [5.41, 5.74) is -0.657. The maximum atomic E-state index is 12.8. The summed E-state index contributed by atoms with van der Waals surface area (Å²) in [4.78, 5) is 39.1. The number of aromatic amines is 1. The van der Waals surface area contributed by atoms with Crippen LogP contribution < -0.4 is 11.2 Å². The van der Waals surface area contributed by atoms with E-state index in [4.69, 9.17) is 13.9 Å². The van der Waals surface area contributed by atoms with Crippen molar-refractivity contribution in [3.63, 3.8) is 0 Å². The number of aromatic nitrogens is 2. The monoisotopic (exact) mass is 426 g/mol. The topological polar surface area (TPSA) is 99.6 Å². The molecule has 0 aliphatic carbocycles. The summed E-state index contributed by atoms with van der Waals surface area (Å²) >= 11 is 0. The molecule has 1 aromatic heterocycles. The molecule has 1 N–H and O–H groups in total. The molecular weight excluding hydrogens is 392 g/mol. The molecule has 8 nitrogen and oxygen atoms in total. The zero-order chi connectivity index (χ0) is 22.1. The molecule has 1 aliphatic rings. The molecule has 3 atom stereocenters. The van der Waals surface area contributed by atoms with E-state index < -0.39 is 38.0 Å². The Morgan fingerprint density at radius 2 is 1.90 bits per heavy atom. The van der Waals surface area contributed by atoms with Crippen LogP contribution in [0.3, 0.4) is 0 Å². The van der Waals surface area contributed by atoms with Crippen LogP contribution in [0.5, 0.6) is 0 Å². The molecule has 2 heterocycles. The van der Waals surface area contributed by atoms with Gasteiger partial charge >= 0.3 is 5.69 Å². The fourth-order valence-electron chi connectivity index (χ4n) is 2.85. The summed E-state index contributed by atoms with van der Waals surface area (Å²) in [6.07, 6.45) is -0.204. The molecule has 0 saturated carbocycles. The van der Waals surface area contributed by atoms with Crippen LogP contribution >= 0.6 is 0 Å². The maximum Gasteiger partial charge on any atom is 0.328 e. The molecule has 0 amide bonds. The van der Waals surface area contributed by atoms with Gasteiger partial charge in [-0.05, 0) is 38.9 Å². The summed E-state index contributed by atoms with van der Waals surface area (Å²) in [5, 5.41) is 0.0157. The maximum absolute atomic E-state index is 12.8. The van der Waals surface area contributed by atoms with Crippen LogP contribution in [0.1, 0.15) is 52.6 Å². The number of ketones is 1. The van der Waals surface area contributed by atoms with Crippen molar-refractivity contribution in [1.82, 2.24) is 9.55 Å². The molecule has 29 heavy (non-hydrogen) atoms. The highest BCUT2D eigenvalue weighted by atomic mass is 28.4. The molecule has 1 saturated heterocycles. The molecule has 0 unspecified atom stereocenters. The predicted octanol–water partition coefficient (Wildman–Crippen LogP) is 2.52. The highest BCUT2D eigenvalue weighted by molar-refractivity contribution is 6.74. The van der Waals surface area contributed by atoms with Crippen molar-refractivity contribution in [2.24, 2.45) is 0 Å². The molecule has 0 bridgehead atoms. The van der Waals surface area contributed by atoms with Crippen LogP contribution in [0, 0.1) is 6.92 Å². The van der Waals surface area contributed by atoms with Gasteiger partial charge in [-0.3, -0.25) is 19.1 Å². The van der Waals surface area contributed by atoms with Crippen LogP contribution in [-0.4, -0.2) is 48.8 Å². The van der Waals surface area contributed by atoms with Crippen LogP contribution in [0.2, 0.25) is 18.1 Å². The number of rotatable bonds is 6. The Kier molecular flexibility index (Phi) is 7.09. The average molecular weight is 427 g/mol. The van der Waals surface area contributed by atoms with E-state index in [2.05, 4.69) is 38.8 Å². The third-order valence-corrected chi connectivity index (χ3v) is 10.2. The first-order chi connectivity index (χ1) is 13.2. The molecular formula is C20H34N2O6Si. The molecule has 1 aliphatic heterocycles. The van der Waals surface area contributed by atoms with Gasteiger partial charge in [0.2, 0.25) is 0 Å². The lowest BCUT2D eigenvalue weighted by Crippen LogP contribution is -2.51. The van der Waals surface area contributed by atoms with Crippen molar-refractivity contribution in [3.8, 4) is 0 Å². The van der Waals surface area contributed by atoms with Crippen molar-refractivity contribution in [1.29, 1.82) is 0 Å². The third-order valence-electron chi connectivity index (χ3n) is 5.69. The van der Waals surface area contributed by atoms with Crippen molar-refractivity contribution < 1.29 is 18.7 Å². The second-order valence-electron chi connectivity index (χ2n) is 9.47. The number of nitrogens with zero attached hydrogens (tertiary/aromatic N) is 1. The highest BCUT2D eigenvalue weighted by Gasteiger charge is 2.42. The summed E-state index contributed by atoms with van der Waals surface area (Å²) in [7, 11) is -2.04. The zero-order valence-electron chi connectivity index (χ0n) is 18.7. The quantitative estimate of drug-likeness (QED) is 0.702. The second kappa shape index (κ2) is 8.67. The van der Waals surface area contributed by atoms with Gasteiger partial charge in [0, 0.05) is 18.2 Å². The van der Waals surface area contributed by atoms with Crippen LogP contribution in [0.25, 0.3) is 0 Å². The summed E-state index contributed by atoms with van der Waals surface area (Å²) < 4.78 is 19.4. The number of carbonyl (C=O) groups excluding carboxylic acids is 1. The molecule has 1 aromatic rings. The minimum absolute atomic E-state index is 0.0157. The third kappa shape index (κ3) is 5.53. The largest absolute Gasteiger partial charge is 0.414 e. The molecule has 164 valence electrons. The molecule has 2 rings (SSSR count). The van der Waals surface area contributed by atoms with Crippen molar-refractivity contribution >= 4 is 14.1 Å². The lowest BCUT2D eigenvalue weighted by molar-refractivity contribution is -0.229. The van der Waals surface area contributed by atoms with Gasteiger partial charge in [0.25, 0.3) is 5.56 Å². The van der Waals surface area contributed by atoms with Gasteiger partial charge in [0.1, 0.15) is 6.10 Å². The SMILES string of the molecule is Cc1cn([C@H]2CC(=O)[C@@H](CO[Si](C)(C)C(C)(C)C)O[C@@H]2OC(C)C)c(=O)[nH]c1=O. The first-order valence-corrected chi connectivity index (χ1v) is 12.9. The molecule has 9 heteroatoms. The standard InChI is InChI=1S/C20H34N2O6Si/c1-12(2)27-18-14(22-10-13(3)17(24)21-19(22)25)9-15(23)16(28-18)11-26-29(7,8)20(4,5)6/h10,12,14,16,18H,9,11H2,1-8H3,(H,21,24,25)/t14-,16+,18-/m0/s1. The van der Waals surface area contributed by atoms with E-state index in [1.807, 2.05) is 13.8 Å². The molecule has 0 radical (unpaired) electrons. The van der Waals surface area contributed by atoms with E-state index in [1.165, 1.54) is 10.8 Å². The number of hydrogen-bond acceptors (Lipinski definition) is 6. The Hall–Kier alpha value is -1.55. The highest BCUT2D eigenvalue weighted by Crippen LogP contribution is 2.37. The van der Waals surface area contributed by atoms with Crippen LogP contribution in [0.4, 0.5) is 0 Å². The van der Waals surface area contributed by atoms with Gasteiger partial charge in [-0.25, -0.2) is 4.79 Å². The van der Waals surface area contributed by atoms with Crippen molar-refractivity contribution in [3.05, 3.63) is 32.6 Å². The Morgan fingerprint density at radius 3 is 2.45 bits per heavy atom. The molecule has 0 spiro atoms. The van der Waals surface area contributed by atoms with E-state index >= 15 is 0 Å².